The highest BCUT2D eigenvalue weighted by Gasteiger charge is 2.35. The third kappa shape index (κ3) is 6.73. The second kappa shape index (κ2) is 12.6. The zero-order valence-corrected chi connectivity index (χ0v) is 23.4. The topological polar surface area (TPSA) is 143 Å². The lowest BCUT2D eigenvalue weighted by Crippen LogP contribution is -2.33. The van der Waals surface area contributed by atoms with E-state index in [1.54, 1.807) is 19.9 Å². The molecule has 0 aliphatic rings. The molecule has 224 valence electrons. The van der Waals surface area contributed by atoms with Crippen LogP contribution in [0.4, 0.5) is 23.5 Å². The molecular weight excluding hydrogens is 586 g/mol. The molecule has 0 bridgehead atoms. The zero-order valence-electron chi connectivity index (χ0n) is 22.6. The van der Waals surface area contributed by atoms with Gasteiger partial charge >= 0.3 is 13.2 Å². The van der Waals surface area contributed by atoms with E-state index in [0.29, 0.717) is 5.56 Å². The van der Waals surface area contributed by atoms with Crippen molar-refractivity contribution < 1.29 is 40.2 Å². The van der Waals surface area contributed by atoms with Crippen LogP contribution in [0.5, 0.6) is 11.5 Å². The standard InChI is InChI=1S/C25H25F4N7O5S/c1-13-8-16(12-30-9-13)22-33-34-25(35-42(37,38)15(3)20(39-4)21-31-10-14(2)11-32-21)36(22)19-17(40-23(26)27)6-5-7-18(19)41-24(28)29/h5-12,15,20,23-24H,1-4H3,(H,34,35). The van der Waals surface area contributed by atoms with Gasteiger partial charge in [0.25, 0.3) is 0 Å². The number of aromatic nitrogens is 6. The number of benzene rings is 1. The van der Waals surface area contributed by atoms with Crippen molar-refractivity contribution in [2.75, 3.05) is 11.8 Å². The smallest absolute Gasteiger partial charge is 0.387 e. The number of anilines is 1. The van der Waals surface area contributed by atoms with Crippen LogP contribution in [0.1, 0.15) is 30.0 Å². The number of rotatable bonds is 12. The number of para-hydroxylation sites is 1. The van der Waals surface area contributed by atoms with Gasteiger partial charge in [0.1, 0.15) is 17.0 Å². The Morgan fingerprint density at radius 1 is 0.905 bits per heavy atom. The molecule has 0 fully saturated rings. The zero-order chi connectivity index (χ0) is 30.6. The van der Waals surface area contributed by atoms with Crippen LogP contribution in [0.25, 0.3) is 17.1 Å². The summed E-state index contributed by atoms with van der Waals surface area (Å²) in [6.45, 7) is -1.96. The highest BCUT2D eigenvalue weighted by molar-refractivity contribution is 7.93. The van der Waals surface area contributed by atoms with Crippen LogP contribution in [0.2, 0.25) is 0 Å². The van der Waals surface area contributed by atoms with Gasteiger partial charge in [-0.05, 0) is 50.1 Å². The minimum atomic E-state index is -4.43. The number of methoxy groups -OCH3 is 1. The van der Waals surface area contributed by atoms with Crippen LogP contribution in [0.15, 0.2) is 49.1 Å². The Bertz CT molecular complexity index is 1610. The highest BCUT2D eigenvalue weighted by Crippen LogP contribution is 2.39. The summed E-state index contributed by atoms with van der Waals surface area (Å²) >= 11 is 0. The lowest BCUT2D eigenvalue weighted by Gasteiger charge is -2.23. The van der Waals surface area contributed by atoms with E-state index >= 15 is 0 Å². The number of hydrogen-bond donors (Lipinski definition) is 1. The van der Waals surface area contributed by atoms with Gasteiger partial charge in [-0.15, -0.1) is 10.2 Å². The van der Waals surface area contributed by atoms with E-state index in [2.05, 4.69) is 39.3 Å². The Morgan fingerprint density at radius 2 is 1.52 bits per heavy atom. The Kier molecular flexibility index (Phi) is 9.20. The normalized spacial score (nSPS) is 13.3. The van der Waals surface area contributed by atoms with Crippen molar-refractivity contribution in [2.24, 2.45) is 0 Å². The first kappa shape index (κ1) is 30.6. The second-order valence-electron chi connectivity index (χ2n) is 8.92. The van der Waals surface area contributed by atoms with Gasteiger partial charge in [0, 0.05) is 37.5 Å². The SMILES string of the molecule is COC(c1ncc(C)cn1)C(C)S(=O)(=O)Nc1nnc(-c2cncc(C)c2)n1-c1c(OC(F)F)cccc1OC(F)F. The maximum absolute atomic E-state index is 13.6. The maximum atomic E-state index is 13.6. The molecule has 1 N–H and O–H groups in total. The molecule has 0 saturated heterocycles. The molecule has 4 rings (SSSR count). The van der Waals surface area contributed by atoms with Crippen molar-refractivity contribution in [1.82, 2.24) is 29.7 Å². The van der Waals surface area contributed by atoms with Crippen molar-refractivity contribution in [3.05, 3.63) is 66.0 Å². The summed E-state index contributed by atoms with van der Waals surface area (Å²) in [4.78, 5) is 12.4. The van der Waals surface area contributed by atoms with E-state index in [-0.39, 0.29) is 17.2 Å². The highest BCUT2D eigenvalue weighted by atomic mass is 32.2. The average molecular weight is 612 g/mol. The molecule has 2 unspecified atom stereocenters. The van der Waals surface area contributed by atoms with Gasteiger partial charge < -0.3 is 14.2 Å². The third-order valence-electron chi connectivity index (χ3n) is 5.87. The number of aryl methyl sites for hydroxylation is 2. The van der Waals surface area contributed by atoms with Gasteiger partial charge in [-0.2, -0.15) is 17.6 Å². The van der Waals surface area contributed by atoms with Crippen LogP contribution in [0.3, 0.4) is 0 Å². The Labute approximate surface area is 237 Å². The number of pyridine rings is 1. The number of halogens is 4. The third-order valence-corrected chi connectivity index (χ3v) is 7.57. The molecule has 17 heteroatoms. The molecule has 2 atom stereocenters. The molecule has 3 aromatic heterocycles. The molecule has 0 amide bonds. The van der Waals surface area contributed by atoms with E-state index in [0.717, 1.165) is 28.3 Å². The van der Waals surface area contributed by atoms with E-state index in [1.807, 2.05) is 0 Å². The molecule has 1 aromatic carbocycles. The van der Waals surface area contributed by atoms with E-state index in [9.17, 15) is 26.0 Å². The van der Waals surface area contributed by atoms with Gasteiger partial charge in [0.2, 0.25) is 16.0 Å². The summed E-state index contributed by atoms with van der Waals surface area (Å²) < 4.78 is 98.6. The molecule has 0 saturated carbocycles. The number of sulfonamides is 1. The molecule has 42 heavy (non-hydrogen) atoms. The van der Waals surface area contributed by atoms with Gasteiger partial charge in [-0.25, -0.2) is 18.4 Å². The maximum Gasteiger partial charge on any atom is 0.387 e. The summed E-state index contributed by atoms with van der Waals surface area (Å²) in [5.74, 6) is -1.87. The minimum Gasteiger partial charge on any atom is -0.432 e. The lowest BCUT2D eigenvalue weighted by atomic mass is 10.2. The fraction of sp³-hybridized carbons (Fsp3) is 0.320. The van der Waals surface area contributed by atoms with Gasteiger partial charge in [-0.1, -0.05) is 6.07 Å². The van der Waals surface area contributed by atoms with Gasteiger partial charge in [0.15, 0.2) is 23.1 Å². The van der Waals surface area contributed by atoms with E-state index in [4.69, 9.17) is 4.74 Å². The predicted octanol–water partition coefficient (Wildman–Crippen LogP) is 4.46. The summed E-state index contributed by atoms with van der Waals surface area (Å²) in [5.41, 5.74) is 1.12. The minimum absolute atomic E-state index is 0.0808. The van der Waals surface area contributed by atoms with Gasteiger partial charge in [-0.3, -0.25) is 14.3 Å². The van der Waals surface area contributed by atoms with Crippen LogP contribution >= 0.6 is 0 Å². The first-order valence-corrected chi connectivity index (χ1v) is 13.7. The molecule has 12 nitrogen and oxygen atoms in total. The summed E-state index contributed by atoms with van der Waals surface area (Å²) in [7, 11) is -3.16. The van der Waals surface area contributed by atoms with Crippen molar-refractivity contribution >= 4 is 16.0 Å². The Hall–Kier alpha value is -4.38. The molecule has 3 heterocycles. The Morgan fingerprint density at radius 3 is 2.07 bits per heavy atom. The fourth-order valence-electron chi connectivity index (χ4n) is 3.97. The molecule has 0 aliphatic carbocycles. The number of hydrogen-bond acceptors (Lipinski definition) is 10. The number of alkyl halides is 4. The quantitative estimate of drug-likeness (QED) is 0.228. The van der Waals surface area contributed by atoms with Crippen molar-refractivity contribution in [3.63, 3.8) is 0 Å². The lowest BCUT2D eigenvalue weighted by molar-refractivity contribution is -0.0542. The molecule has 4 aromatic rings. The monoisotopic (exact) mass is 611 g/mol. The average Bonchev–Trinajstić information content (AvgIpc) is 3.32. The summed E-state index contributed by atoms with van der Waals surface area (Å²) in [5, 5.41) is 6.59. The number of nitrogens with one attached hydrogen (secondary N) is 1. The van der Waals surface area contributed by atoms with Crippen molar-refractivity contribution in [2.45, 2.75) is 45.3 Å². The van der Waals surface area contributed by atoms with Crippen molar-refractivity contribution in [3.8, 4) is 28.6 Å². The molecule has 0 spiro atoms. The predicted molar refractivity (Wildman–Crippen MR) is 141 cm³/mol. The molecule has 0 aliphatic heterocycles. The van der Waals surface area contributed by atoms with E-state index < -0.39 is 57.7 Å². The first-order valence-electron chi connectivity index (χ1n) is 12.1. The summed E-state index contributed by atoms with van der Waals surface area (Å²) in [6, 6.07) is 4.87. The fourth-order valence-corrected chi connectivity index (χ4v) is 5.10. The first-order chi connectivity index (χ1) is 19.9. The number of ether oxygens (including phenoxy) is 3. The Balaban J connectivity index is 1.89. The molecule has 0 radical (unpaired) electrons. The van der Waals surface area contributed by atoms with E-state index in [1.165, 1.54) is 38.8 Å². The second-order valence-corrected chi connectivity index (χ2v) is 11.0. The van der Waals surface area contributed by atoms with Crippen LogP contribution in [-0.4, -0.2) is 63.7 Å². The van der Waals surface area contributed by atoms with Crippen LogP contribution in [0, 0.1) is 13.8 Å². The number of nitrogens with zero attached hydrogens (tertiary/aromatic N) is 6. The van der Waals surface area contributed by atoms with Crippen molar-refractivity contribution in [1.29, 1.82) is 0 Å². The molecular formula is C25H25F4N7O5S. The van der Waals surface area contributed by atoms with Gasteiger partial charge in [0.05, 0.1) is 0 Å². The van der Waals surface area contributed by atoms with Crippen LogP contribution < -0.4 is 14.2 Å². The summed E-state index contributed by atoms with van der Waals surface area (Å²) in [6.07, 6.45) is 4.70. The van der Waals surface area contributed by atoms with Crippen LogP contribution in [-0.2, 0) is 14.8 Å². The largest absolute Gasteiger partial charge is 0.432 e.